The second kappa shape index (κ2) is 5.16. The van der Waals surface area contributed by atoms with Crippen LogP contribution in [0, 0.1) is 19.8 Å². The van der Waals surface area contributed by atoms with Crippen molar-refractivity contribution in [2.75, 3.05) is 11.9 Å². The van der Waals surface area contributed by atoms with Gasteiger partial charge in [0.15, 0.2) is 0 Å². The third-order valence-electron chi connectivity index (χ3n) is 2.99. The summed E-state index contributed by atoms with van der Waals surface area (Å²) >= 11 is 0. The van der Waals surface area contributed by atoms with Crippen molar-refractivity contribution < 1.29 is 9.59 Å². The summed E-state index contributed by atoms with van der Waals surface area (Å²) in [6, 6.07) is 3.79. The number of carbonyl (C=O) groups excluding carboxylic acids is 2. The van der Waals surface area contributed by atoms with Crippen LogP contribution in [0.3, 0.4) is 0 Å². The average Bonchev–Trinajstić information content (AvgIpc) is 2.28. The van der Waals surface area contributed by atoms with Gasteiger partial charge in [0.1, 0.15) is 5.82 Å². The van der Waals surface area contributed by atoms with Gasteiger partial charge < -0.3 is 10.6 Å². The first-order valence-electron chi connectivity index (χ1n) is 6.07. The van der Waals surface area contributed by atoms with Gasteiger partial charge >= 0.3 is 0 Å². The lowest BCUT2D eigenvalue weighted by molar-refractivity contribution is -0.126. The van der Waals surface area contributed by atoms with E-state index < -0.39 is 0 Å². The molecule has 0 bridgehead atoms. The zero-order valence-electron chi connectivity index (χ0n) is 10.6. The quantitative estimate of drug-likeness (QED) is 0.824. The zero-order valence-corrected chi connectivity index (χ0v) is 10.6. The molecule has 2 N–H and O–H groups in total. The Hall–Kier alpha value is -1.91. The van der Waals surface area contributed by atoms with Gasteiger partial charge in [0.2, 0.25) is 11.8 Å². The van der Waals surface area contributed by atoms with Gasteiger partial charge in [-0.2, -0.15) is 0 Å². The minimum atomic E-state index is -0.162. The Balaban J connectivity index is 2.00. The molecule has 0 spiro atoms. The Morgan fingerprint density at radius 1 is 1.44 bits per heavy atom. The van der Waals surface area contributed by atoms with Crippen LogP contribution in [0.15, 0.2) is 12.1 Å². The van der Waals surface area contributed by atoms with Gasteiger partial charge in [-0.15, -0.1) is 0 Å². The lowest BCUT2D eigenvalue weighted by Gasteiger charge is -2.21. The molecule has 5 heteroatoms. The molecular weight excluding hydrogens is 230 g/mol. The number of amides is 2. The molecule has 1 unspecified atom stereocenters. The van der Waals surface area contributed by atoms with Crippen molar-refractivity contribution in [2.45, 2.75) is 26.7 Å². The number of nitrogens with zero attached hydrogens (tertiary/aromatic N) is 1. The maximum atomic E-state index is 12.0. The van der Waals surface area contributed by atoms with Crippen LogP contribution >= 0.6 is 0 Å². The number of nitrogens with one attached hydrogen (secondary N) is 2. The van der Waals surface area contributed by atoms with E-state index in [4.69, 9.17) is 0 Å². The fourth-order valence-corrected chi connectivity index (χ4v) is 2.09. The molecule has 2 heterocycles. The minimum Gasteiger partial charge on any atom is -0.355 e. The number of hydrogen-bond acceptors (Lipinski definition) is 3. The van der Waals surface area contributed by atoms with Crippen molar-refractivity contribution in [3.63, 3.8) is 0 Å². The molecule has 1 saturated heterocycles. The molecule has 2 amide bonds. The van der Waals surface area contributed by atoms with E-state index in [1.165, 1.54) is 0 Å². The molecule has 1 aliphatic heterocycles. The van der Waals surface area contributed by atoms with E-state index in [-0.39, 0.29) is 17.7 Å². The smallest absolute Gasteiger partial charge is 0.230 e. The number of aryl methyl sites for hydroxylation is 2. The second-order valence-electron chi connectivity index (χ2n) is 4.70. The van der Waals surface area contributed by atoms with E-state index in [9.17, 15) is 9.59 Å². The van der Waals surface area contributed by atoms with Crippen LogP contribution in [0.25, 0.3) is 0 Å². The van der Waals surface area contributed by atoms with E-state index >= 15 is 0 Å². The molecule has 18 heavy (non-hydrogen) atoms. The first-order chi connectivity index (χ1) is 8.54. The van der Waals surface area contributed by atoms with E-state index in [1.807, 2.05) is 26.0 Å². The molecular formula is C13H17N3O2. The molecule has 0 aliphatic carbocycles. The van der Waals surface area contributed by atoms with Gasteiger partial charge in [-0.05, 0) is 38.0 Å². The van der Waals surface area contributed by atoms with E-state index in [2.05, 4.69) is 15.6 Å². The number of carbonyl (C=O) groups is 2. The molecule has 1 atom stereocenters. The standard InChI is InChI=1S/C13H17N3O2/c1-8-5-9(2)15-11(6-8)16-13(18)10-3-4-12(17)14-7-10/h5-6,10H,3-4,7H2,1-2H3,(H,14,17)(H,15,16,18). The monoisotopic (exact) mass is 247 g/mol. The summed E-state index contributed by atoms with van der Waals surface area (Å²) in [5, 5.41) is 5.51. The maximum Gasteiger partial charge on any atom is 0.230 e. The number of piperidine rings is 1. The SMILES string of the molecule is Cc1cc(C)nc(NC(=O)C2CCC(=O)NC2)c1. The Labute approximate surface area is 106 Å². The van der Waals surface area contributed by atoms with Crippen molar-refractivity contribution in [1.82, 2.24) is 10.3 Å². The summed E-state index contributed by atoms with van der Waals surface area (Å²) in [7, 11) is 0. The molecule has 0 aromatic carbocycles. The van der Waals surface area contributed by atoms with Crippen LogP contribution in [0.1, 0.15) is 24.1 Å². The summed E-state index contributed by atoms with van der Waals surface area (Å²) in [4.78, 5) is 27.3. The highest BCUT2D eigenvalue weighted by molar-refractivity contribution is 5.93. The first-order valence-corrected chi connectivity index (χ1v) is 6.07. The van der Waals surface area contributed by atoms with Crippen molar-refractivity contribution in [3.8, 4) is 0 Å². The molecule has 1 aliphatic rings. The second-order valence-corrected chi connectivity index (χ2v) is 4.70. The topological polar surface area (TPSA) is 71.1 Å². The lowest BCUT2D eigenvalue weighted by atomic mass is 9.98. The number of hydrogen-bond donors (Lipinski definition) is 2. The van der Waals surface area contributed by atoms with Crippen LogP contribution in [0.2, 0.25) is 0 Å². The van der Waals surface area contributed by atoms with Crippen molar-refractivity contribution in [2.24, 2.45) is 5.92 Å². The van der Waals surface area contributed by atoms with E-state index in [1.54, 1.807) is 0 Å². The van der Waals surface area contributed by atoms with Crippen molar-refractivity contribution >= 4 is 17.6 Å². The van der Waals surface area contributed by atoms with Gasteiger partial charge in [-0.25, -0.2) is 4.98 Å². The Kier molecular flexibility index (Phi) is 3.60. The maximum absolute atomic E-state index is 12.0. The minimum absolute atomic E-state index is 0.0172. The number of rotatable bonds is 2. The third kappa shape index (κ3) is 3.06. The summed E-state index contributed by atoms with van der Waals surface area (Å²) in [5.41, 5.74) is 1.94. The fourth-order valence-electron chi connectivity index (χ4n) is 2.09. The first kappa shape index (κ1) is 12.5. The van der Waals surface area contributed by atoms with Gasteiger partial charge in [0, 0.05) is 18.7 Å². The number of pyridine rings is 1. The molecule has 96 valence electrons. The Morgan fingerprint density at radius 3 is 2.83 bits per heavy atom. The Bertz CT molecular complexity index is 455. The lowest BCUT2D eigenvalue weighted by Crippen LogP contribution is -2.40. The van der Waals surface area contributed by atoms with Crippen molar-refractivity contribution in [1.29, 1.82) is 0 Å². The van der Waals surface area contributed by atoms with E-state index in [0.717, 1.165) is 11.3 Å². The average molecular weight is 247 g/mol. The zero-order chi connectivity index (χ0) is 13.1. The van der Waals surface area contributed by atoms with Crippen LogP contribution in [0.4, 0.5) is 5.82 Å². The van der Waals surface area contributed by atoms with Crippen LogP contribution < -0.4 is 10.6 Å². The summed E-state index contributed by atoms with van der Waals surface area (Å²) in [5.74, 6) is 0.357. The van der Waals surface area contributed by atoms with Gasteiger partial charge in [0.05, 0.1) is 5.92 Å². The molecule has 0 radical (unpaired) electrons. The number of anilines is 1. The summed E-state index contributed by atoms with van der Waals surface area (Å²) in [6.07, 6.45) is 1.01. The van der Waals surface area contributed by atoms with Gasteiger partial charge in [-0.1, -0.05) is 0 Å². The molecule has 1 fully saturated rings. The largest absolute Gasteiger partial charge is 0.355 e. The molecule has 1 aromatic rings. The molecule has 2 rings (SSSR count). The highest BCUT2D eigenvalue weighted by atomic mass is 16.2. The third-order valence-corrected chi connectivity index (χ3v) is 2.99. The predicted octanol–water partition coefficient (Wildman–Crippen LogP) is 1.16. The van der Waals surface area contributed by atoms with E-state index in [0.29, 0.717) is 25.2 Å². The predicted molar refractivity (Wildman–Crippen MR) is 68.1 cm³/mol. The van der Waals surface area contributed by atoms with Gasteiger partial charge in [-0.3, -0.25) is 9.59 Å². The molecule has 0 saturated carbocycles. The molecule has 1 aromatic heterocycles. The summed E-state index contributed by atoms with van der Waals surface area (Å²) in [6.45, 7) is 4.27. The van der Waals surface area contributed by atoms with Gasteiger partial charge in [0.25, 0.3) is 0 Å². The van der Waals surface area contributed by atoms with Crippen LogP contribution in [-0.2, 0) is 9.59 Å². The molecule has 5 nitrogen and oxygen atoms in total. The normalized spacial score (nSPS) is 19.2. The van der Waals surface area contributed by atoms with Crippen LogP contribution in [-0.4, -0.2) is 23.3 Å². The number of aromatic nitrogens is 1. The van der Waals surface area contributed by atoms with Crippen molar-refractivity contribution in [3.05, 3.63) is 23.4 Å². The Morgan fingerprint density at radius 2 is 2.22 bits per heavy atom. The summed E-state index contributed by atoms with van der Waals surface area (Å²) < 4.78 is 0. The fraction of sp³-hybridized carbons (Fsp3) is 0.462. The van der Waals surface area contributed by atoms with Crippen LogP contribution in [0.5, 0.6) is 0 Å². The highest BCUT2D eigenvalue weighted by Gasteiger charge is 2.24. The highest BCUT2D eigenvalue weighted by Crippen LogP contribution is 2.15.